The van der Waals surface area contributed by atoms with Gasteiger partial charge in [-0.2, -0.15) is 0 Å². The number of rotatable bonds is 12. The summed E-state index contributed by atoms with van der Waals surface area (Å²) in [5.41, 5.74) is 6.87. The van der Waals surface area contributed by atoms with Gasteiger partial charge in [0.1, 0.15) is 16.9 Å². The molecular formula is C32H41FN4O4. The Kier molecular flexibility index (Phi) is 8.85. The Balaban J connectivity index is 1.62. The van der Waals surface area contributed by atoms with E-state index in [4.69, 9.17) is 10.3 Å². The third-order valence-electron chi connectivity index (χ3n) is 9.18. The summed E-state index contributed by atoms with van der Waals surface area (Å²) < 4.78 is 19.8. The van der Waals surface area contributed by atoms with Crippen molar-refractivity contribution < 1.29 is 23.3 Å². The van der Waals surface area contributed by atoms with Crippen LogP contribution >= 0.6 is 0 Å². The number of hydrogen-bond donors (Lipinski definition) is 2. The molecule has 1 saturated heterocycles. The van der Waals surface area contributed by atoms with Gasteiger partial charge in [-0.15, -0.1) is 0 Å². The maximum Gasteiger partial charge on any atom is 0.258 e. The molecule has 41 heavy (non-hydrogen) atoms. The average Bonchev–Trinajstić information content (AvgIpc) is 3.51. The second-order valence-electron chi connectivity index (χ2n) is 11.7. The van der Waals surface area contributed by atoms with Gasteiger partial charge in [0.25, 0.3) is 11.8 Å². The Hall–Kier alpha value is -3.17. The zero-order valence-corrected chi connectivity index (χ0v) is 24.1. The van der Waals surface area contributed by atoms with Gasteiger partial charge in [-0.05, 0) is 63.1 Å². The van der Waals surface area contributed by atoms with Crippen molar-refractivity contribution in [2.75, 3.05) is 13.1 Å². The van der Waals surface area contributed by atoms with Gasteiger partial charge >= 0.3 is 0 Å². The molecule has 1 aromatic carbocycles. The van der Waals surface area contributed by atoms with Gasteiger partial charge in [0.15, 0.2) is 11.4 Å². The summed E-state index contributed by atoms with van der Waals surface area (Å²) in [6.45, 7) is 5.90. The number of carbonyl (C=O) groups excluding carboxylic acids is 3. The molecule has 2 amide bonds. The molecule has 9 heteroatoms. The number of nitrogens with two attached hydrogens (primary N) is 1. The molecule has 5 rings (SSSR count). The second kappa shape index (κ2) is 12.4. The highest BCUT2D eigenvalue weighted by Crippen LogP contribution is 2.49. The van der Waals surface area contributed by atoms with Crippen LogP contribution in [0.3, 0.4) is 0 Å². The molecule has 1 aromatic heterocycles. The van der Waals surface area contributed by atoms with Crippen molar-refractivity contribution in [2.24, 2.45) is 5.73 Å². The lowest BCUT2D eigenvalue weighted by Gasteiger charge is -2.46. The first-order chi connectivity index (χ1) is 19.8. The predicted molar refractivity (Wildman–Crippen MR) is 154 cm³/mol. The van der Waals surface area contributed by atoms with Crippen molar-refractivity contribution >= 4 is 28.6 Å². The van der Waals surface area contributed by atoms with Crippen LogP contribution in [0.25, 0.3) is 11.0 Å². The molecule has 3 heterocycles. The van der Waals surface area contributed by atoms with Gasteiger partial charge in [0.05, 0.1) is 11.6 Å². The Bertz CT molecular complexity index is 1390. The number of likely N-dealkylation sites (tertiary alicyclic amines) is 1. The molecule has 3 aliphatic rings. The number of unbranched alkanes of at least 4 members (excludes halogenated alkanes) is 6. The normalized spacial score (nSPS) is 24.0. The first kappa shape index (κ1) is 29.3. The van der Waals surface area contributed by atoms with Gasteiger partial charge < -0.3 is 10.3 Å². The third kappa shape index (κ3) is 5.30. The molecule has 0 bridgehead atoms. The van der Waals surface area contributed by atoms with Gasteiger partial charge in [-0.25, -0.2) is 4.39 Å². The number of Topliss-reactive ketones (excluding diaryl/α,β-unsaturated/α-hetero) is 1. The van der Waals surface area contributed by atoms with Crippen molar-refractivity contribution in [2.45, 2.75) is 102 Å². The SMILES string of the molecule is CCCCCCCCCC(=O)C1(c2noc3cc(F)ccc23)C(C(C)N2CCCCC2)=CC2=C(C(=O)NC2=O)C1N. The standard InChI is InChI=1S/C32H41FN4O4/c1-3-4-5-6-7-8-10-13-26(38)32(29-22-15-14-21(33)18-25(22)41-36-29)24(20(2)37-16-11-9-12-17-37)19-23-27(28(32)34)31(40)35-30(23)39/h14-15,18-20,28H,3-13,16-17,34H2,1-2H3,(H,35,39,40). The van der Waals surface area contributed by atoms with E-state index in [0.29, 0.717) is 17.4 Å². The summed E-state index contributed by atoms with van der Waals surface area (Å²) in [5.74, 6) is -1.75. The van der Waals surface area contributed by atoms with E-state index in [1.165, 1.54) is 31.4 Å². The first-order valence-electron chi connectivity index (χ1n) is 15.2. The number of piperidine rings is 1. The van der Waals surface area contributed by atoms with Crippen molar-refractivity contribution in [3.63, 3.8) is 0 Å². The fourth-order valence-electron chi connectivity index (χ4n) is 6.94. The number of halogens is 1. The Morgan fingerprint density at radius 2 is 1.83 bits per heavy atom. The topological polar surface area (TPSA) is 119 Å². The van der Waals surface area contributed by atoms with Crippen LogP contribution in [0.15, 0.2) is 45.5 Å². The van der Waals surface area contributed by atoms with Crippen LogP contribution < -0.4 is 11.1 Å². The summed E-state index contributed by atoms with van der Waals surface area (Å²) in [4.78, 5) is 43.0. The molecule has 0 spiro atoms. The number of ketones is 1. The molecular weight excluding hydrogens is 523 g/mol. The minimum atomic E-state index is -1.55. The van der Waals surface area contributed by atoms with Gasteiger partial charge in [0, 0.05) is 29.5 Å². The monoisotopic (exact) mass is 564 g/mol. The number of imide groups is 1. The van der Waals surface area contributed by atoms with Crippen molar-refractivity contribution in [1.29, 1.82) is 0 Å². The van der Waals surface area contributed by atoms with Crippen LogP contribution in [0.1, 0.15) is 90.2 Å². The van der Waals surface area contributed by atoms with Crippen LogP contribution in [0.4, 0.5) is 4.39 Å². The summed E-state index contributed by atoms with van der Waals surface area (Å²) >= 11 is 0. The molecule has 1 aliphatic carbocycles. The first-order valence-corrected chi connectivity index (χ1v) is 15.2. The number of amides is 2. The second-order valence-corrected chi connectivity index (χ2v) is 11.7. The van der Waals surface area contributed by atoms with Crippen LogP contribution in [0.5, 0.6) is 0 Å². The van der Waals surface area contributed by atoms with E-state index in [9.17, 15) is 18.8 Å². The minimum Gasteiger partial charge on any atom is -0.356 e. The largest absolute Gasteiger partial charge is 0.356 e. The molecule has 0 radical (unpaired) electrons. The van der Waals surface area contributed by atoms with Gasteiger partial charge in [-0.1, -0.05) is 57.0 Å². The third-order valence-corrected chi connectivity index (χ3v) is 9.18. The van der Waals surface area contributed by atoms with E-state index in [-0.39, 0.29) is 40.7 Å². The van der Waals surface area contributed by atoms with Crippen LogP contribution in [0, 0.1) is 5.82 Å². The van der Waals surface area contributed by atoms with E-state index in [1.807, 2.05) is 6.92 Å². The van der Waals surface area contributed by atoms with Crippen molar-refractivity contribution in [1.82, 2.24) is 15.4 Å². The van der Waals surface area contributed by atoms with Crippen LogP contribution in [-0.2, 0) is 19.8 Å². The fourth-order valence-corrected chi connectivity index (χ4v) is 6.94. The Labute approximate surface area is 240 Å². The number of hydrogen-bond acceptors (Lipinski definition) is 7. The van der Waals surface area contributed by atoms with Gasteiger partial charge in [0.2, 0.25) is 0 Å². The number of nitrogens with one attached hydrogen (secondary N) is 1. The number of nitrogens with zero attached hydrogens (tertiary/aromatic N) is 2. The van der Waals surface area contributed by atoms with E-state index < -0.39 is 29.1 Å². The Morgan fingerprint density at radius 3 is 2.56 bits per heavy atom. The molecule has 8 nitrogen and oxygen atoms in total. The van der Waals surface area contributed by atoms with E-state index in [0.717, 1.165) is 51.6 Å². The summed E-state index contributed by atoms with van der Waals surface area (Å²) in [6, 6.07) is 2.68. The van der Waals surface area contributed by atoms with E-state index >= 15 is 0 Å². The molecule has 3 unspecified atom stereocenters. The Morgan fingerprint density at radius 1 is 1.12 bits per heavy atom. The lowest BCUT2D eigenvalue weighted by Crippen LogP contribution is -2.59. The molecule has 3 atom stereocenters. The van der Waals surface area contributed by atoms with E-state index in [1.54, 1.807) is 12.1 Å². The molecule has 3 N–H and O–H groups in total. The summed E-state index contributed by atoms with van der Waals surface area (Å²) in [7, 11) is 0. The number of benzene rings is 1. The zero-order valence-electron chi connectivity index (χ0n) is 24.1. The smallest absolute Gasteiger partial charge is 0.258 e. The van der Waals surface area contributed by atoms with Crippen LogP contribution in [-0.4, -0.2) is 52.8 Å². The minimum absolute atomic E-state index is 0.0933. The lowest BCUT2D eigenvalue weighted by atomic mass is 9.59. The highest BCUT2D eigenvalue weighted by Gasteiger charge is 2.58. The van der Waals surface area contributed by atoms with Gasteiger partial charge in [-0.3, -0.25) is 24.6 Å². The maximum atomic E-state index is 14.7. The lowest BCUT2D eigenvalue weighted by molar-refractivity contribution is -0.124. The number of aromatic nitrogens is 1. The molecule has 2 aliphatic heterocycles. The zero-order chi connectivity index (χ0) is 29.1. The molecule has 0 saturated carbocycles. The van der Waals surface area contributed by atoms with Crippen molar-refractivity contribution in [3.05, 3.63) is 52.5 Å². The molecule has 1 fully saturated rings. The van der Waals surface area contributed by atoms with Crippen LogP contribution in [0.2, 0.25) is 0 Å². The summed E-state index contributed by atoms with van der Waals surface area (Å²) in [6.07, 6.45) is 12.4. The number of fused-ring (bicyclic) bond motifs is 1. The number of carbonyl (C=O) groups is 3. The highest BCUT2D eigenvalue weighted by molar-refractivity contribution is 6.23. The fraction of sp³-hybridized carbons (Fsp3) is 0.562. The predicted octanol–water partition coefficient (Wildman–Crippen LogP) is 5.01. The van der Waals surface area contributed by atoms with E-state index in [2.05, 4.69) is 22.3 Å². The highest BCUT2D eigenvalue weighted by atomic mass is 19.1. The molecule has 2 aromatic rings. The van der Waals surface area contributed by atoms with Crippen molar-refractivity contribution in [3.8, 4) is 0 Å². The quantitative estimate of drug-likeness (QED) is 0.275. The average molecular weight is 565 g/mol. The molecule has 220 valence electrons. The maximum absolute atomic E-state index is 14.7. The summed E-state index contributed by atoms with van der Waals surface area (Å²) in [5, 5.41) is 7.23.